The summed E-state index contributed by atoms with van der Waals surface area (Å²) >= 11 is 0. The van der Waals surface area contributed by atoms with Gasteiger partial charge in [0.25, 0.3) is 11.2 Å². The minimum atomic E-state index is -0.602. The average molecular weight is 246 g/mol. The van der Waals surface area contributed by atoms with Crippen molar-refractivity contribution in [2.45, 2.75) is 25.6 Å². The van der Waals surface area contributed by atoms with Crippen molar-refractivity contribution in [2.75, 3.05) is 6.61 Å². The Labute approximate surface area is 105 Å². The first-order chi connectivity index (χ1) is 8.76. The maximum absolute atomic E-state index is 11.6. The quantitative estimate of drug-likeness (QED) is 0.769. The summed E-state index contributed by atoms with van der Waals surface area (Å²) in [6, 6.07) is 9.44. The molecule has 5 heteroatoms. The summed E-state index contributed by atoms with van der Waals surface area (Å²) in [4.78, 5) is 16.9. The highest BCUT2D eigenvalue weighted by Gasteiger charge is 2.42. The number of allylic oxidation sites excluding steroid dienone is 1. The van der Waals surface area contributed by atoms with Crippen LogP contribution in [-0.4, -0.2) is 23.7 Å². The Morgan fingerprint density at radius 2 is 2.22 bits per heavy atom. The van der Waals surface area contributed by atoms with E-state index in [-0.39, 0.29) is 16.5 Å². The summed E-state index contributed by atoms with van der Waals surface area (Å²) in [6.45, 7) is 2.29. The molecular formula is C13H14N2O3. The number of ether oxygens (including phenoxy) is 1. The fourth-order valence-electron chi connectivity index (χ4n) is 2.02. The molecule has 1 aliphatic heterocycles. The van der Waals surface area contributed by atoms with E-state index >= 15 is 0 Å². The maximum Gasteiger partial charge on any atom is 0.320 e. The summed E-state index contributed by atoms with van der Waals surface area (Å²) < 4.78 is 5.31. The highest BCUT2D eigenvalue weighted by Crippen LogP contribution is 2.33. The van der Waals surface area contributed by atoms with Crippen LogP contribution in [0, 0.1) is 4.91 Å². The van der Waals surface area contributed by atoms with Crippen LogP contribution in [-0.2, 0) is 9.57 Å². The lowest BCUT2D eigenvalue weighted by atomic mass is 9.92. The molecule has 2 rings (SSSR count). The molecule has 1 fully saturated rings. The molecule has 0 saturated carbocycles. The third-order valence-electron chi connectivity index (χ3n) is 2.84. The summed E-state index contributed by atoms with van der Waals surface area (Å²) in [6.07, 6.45) is -0.130. The molecule has 1 aliphatic rings. The van der Waals surface area contributed by atoms with Gasteiger partial charge in [0.15, 0.2) is 0 Å². The third-order valence-corrected chi connectivity index (χ3v) is 2.84. The molecule has 0 N–H and O–H groups in total. The molecule has 0 spiro atoms. The van der Waals surface area contributed by atoms with E-state index in [1.165, 1.54) is 0 Å². The van der Waals surface area contributed by atoms with Crippen LogP contribution in [0.3, 0.4) is 0 Å². The fraction of sp³-hybridized carbons (Fsp3) is 0.385. The predicted molar refractivity (Wildman–Crippen MR) is 65.8 cm³/mol. The Morgan fingerprint density at radius 3 is 2.83 bits per heavy atom. The highest BCUT2D eigenvalue weighted by atomic mass is 16.8. The van der Waals surface area contributed by atoms with Crippen LogP contribution in [0.25, 0.3) is 5.41 Å². The Kier molecular flexibility index (Phi) is 3.87. The number of benzene rings is 1. The molecule has 1 saturated heterocycles. The van der Waals surface area contributed by atoms with E-state index in [0.29, 0.717) is 13.0 Å². The average Bonchev–Trinajstić information content (AvgIpc) is 2.39. The number of hydrogen-bond acceptors (Lipinski definition) is 3. The van der Waals surface area contributed by atoms with E-state index in [1.807, 2.05) is 43.1 Å². The predicted octanol–water partition coefficient (Wildman–Crippen LogP) is 2.37. The SMILES string of the molecule is CCO[C@H]1C[C@@H](c2ccccc2)C(=C=[N-])[N+](=O)O1. The van der Waals surface area contributed by atoms with Crippen LogP contribution in [0.5, 0.6) is 0 Å². The second-order valence-corrected chi connectivity index (χ2v) is 3.94. The molecule has 5 nitrogen and oxygen atoms in total. The summed E-state index contributed by atoms with van der Waals surface area (Å²) in [5, 5.41) is 9.06. The van der Waals surface area contributed by atoms with E-state index in [9.17, 15) is 4.91 Å². The van der Waals surface area contributed by atoms with Crippen molar-refractivity contribution in [1.29, 1.82) is 0 Å². The Morgan fingerprint density at radius 1 is 1.50 bits per heavy atom. The fourth-order valence-corrected chi connectivity index (χ4v) is 2.02. The molecule has 0 aliphatic carbocycles. The minimum Gasteiger partial charge on any atom is -0.758 e. The zero-order valence-corrected chi connectivity index (χ0v) is 10.1. The van der Waals surface area contributed by atoms with Crippen molar-refractivity contribution in [3.8, 4) is 0 Å². The molecule has 0 bridgehead atoms. The summed E-state index contributed by atoms with van der Waals surface area (Å²) in [5.74, 6) is 1.64. The second-order valence-electron chi connectivity index (χ2n) is 3.94. The summed E-state index contributed by atoms with van der Waals surface area (Å²) in [7, 11) is 0. The first kappa shape index (κ1) is 12.5. The molecule has 1 aromatic rings. The van der Waals surface area contributed by atoms with Crippen molar-refractivity contribution in [2.24, 2.45) is 0 Å². The van der Waals surface area contributed by atoms with Crippen LogP contribution < -0.4 is 0 Å². The van der Waals surface area contributed by atoms with Gasteiger partial charge in [-0.1, -0.05) is 30.3 Å². The van der Waals surface area contributed by atoms with Crippen molar-refractivity contribution in [1.82, 2.24) is 0 Å². The first-order valence-corrected chi connectivity index (χ1v) is 5.83. The minimum absolute atomic E-state index is 0.0668. The zero-order chi connectivity index (χ0) is 13.0. The number of nitrogens with zero attached hydrogens (tertiary/aromatic N) is 2. The van der Waals surface area contributed by atoms with Crippen molar-refractivity contribution in [3.05, 3.63) is 51.9 Å². The molecule has 0 aromatic heterocycles. The van der Waals surface area contributed by atoms with E-state index in [1.54, 1.807) is 0 Å². The monoisotopic (exact) mass is 246 g/mol. The third kappa shape index (κ3) is 2.47. The van der Waals surface area contributed by atoms with Gasteiger partial charge in [0.1, 0.15) is 0 Å². The van der Waals surface area contributed by atoms with Crippen molar-refractivity contribution >= 4 is 5.87 Å². The van der Waals surface area contributed by atoms with Crippen molar-refractivity contribution < 1.29 is 14.5 Å². The van der Waals surface area contributed by atoms with E-state index in [2.05, 4.69) is 0 Å². The Bertz CT molecular complexity index is 480. The molecular weight excluding hydrogens is 232 g/mol. The topological polar surface area (TPSA) is 60.8 Å². The van der Waals surface area contributed by atoms with Gasteiger partial charge in [-0.25, -0.2) is 0 Å². The molecule has 0 amide bonds. The lowest BCUT2D eigenvalue weighted by Gasteiger charge is -2.22. The van der Waals surface area contributed by atoms with Crippen LogP contribution in [0.4, 0.5) is 0 Å². The zero-order valence-electron chi connectivity index (χ0n) is 10.1. The van der Waals surface area contributed by atoms with Gasteiger partial charge in [0.2, 0.25) is 0 Å². The number of hydrogen-bond donors (Lipinski definition) is 0. The number of rotatable bonds is 3. The van der Waals surface area contributed by atoms with Gasteiger partial charge in [0.05, 0.1) is 10.8 Å². The lowest BCUT2D eigenvalue weighted by molar-refractivity contribution is -0.800. The van der Waals surface area contributed by atoms with Gasteiger partial charge in [-0.15, -0.1) is 0 Å². The van der Waals surface area contributed by atoms with E-state index in [0.717, 1.165) is 5.56 Å². The van der Waals surface area contributed by atoms with Gasteiger partial charge in [0, 0.05) is 13.0 Å². The molecule has 0 unspecified atom stereocenters. The van der Waals surface area contributed by atoms with Gasteiger partial charge in [-0.2, -0.15) is 10.7 Å². The van der Waals surface area contributed by atoms with Gasteiger partial charge >= 0.3 is 5.70 Å². The van der Waals surface area contributed by atoms with Gasteiger partial charge < -0.3 is 10.1 Å². The van der Waals surface area contributed by atoms with Crippen molar-refractivity contribution in [3.63, 3.8) is 0 Å². The molecule has 18 heavy (non-hydrogen) atoms. The van der Waals surface area contributed by atoms with E-state index < -0.39 is 6.29 Å². The largest absolute Gasteiger partial charge is 0.758 e. The molecule has 1 aromatic carbocycles. The highest BCUT2D eigenvalue weighted by molar-refractivity contribution is 5.60. The first-order valence-electron chi connectivity index (χ1n) is 5.83. The van der Waals surface area contributed by atoms with Crippen LogP contribution in [0.2, 0.25) is 0 Å². The Balaban J connectivity index is 2.29. The van der Waals surface area contributed by atoms with Crippen LogP contribution in [0.15, 0.2) is 36.0 Å². The molecule has 0 radical (unpaired) electrons. The summed E-state index contributed by atoms with van der Waals surface area (Å²) in [5.41, 5.74) is 0.986. The molecule has 94 valence electrons. The molecule has 1 heterocycles. The smallest absolute Gasteiger partial charge is 0.320 e. The van der Waals surface area contributed by atoms with Gasteiger partial charge in [-0.05, 0) is 12.5 Å². The van der Waals surface area contributed by atoms with E-state index in [4.69, 9.17) is 15.0 Å². The van der Waals surface area contributed by atoms with Crippen LogP contribution in [0.1, 0.15) is 24.8 Å². The molecule has 2 atom stereocenters. The Hall–Kier alpha value is -1.97. The van der Waals surface area contributed by atoms with Crippen LogP contribution >= 0.6 is 0 Å². The lowest BCUT2D eigenvalue weighted by Crippen LogP contribution is -2.33. The normalized spacial score (nSPS) is 23.4. The maximum atomic E-state index is 11.6. The van der Waals surface area contributed by atoms with Gasteiger partial charge in [-0.3, -0.25) is 0 Å². The second kappa shape index (κ2) is 5.58. The standard InChI is InChI=1S/C13H14N2O3/c1-2-17-13-8-11(10-6-4-3-5-7-10)12(9-14)15(16)18-13/h3-7,11,13H,2,8H2,1H3/t11-,13+/m0/s1.